The molecule has 0 N–H and O–H groups in total. The minimum Gasteiger partial charge on any atom is -0.493 e. The lowest BCUT2D eigenvalue weighted by atomic mass is 10.2. The van der Waals surface area contributed by atoms with Gasteiger partial charge < -0.3 is 4.74 Å². The molecule has 3 nitrogen and oxygen atoms in total. The largest absolute Gasteiger partial charge is 0.493 e. The van der Waals surface area contributed by atoms with Gasteiger partial charge in [0.15, 0.2) is 0 Å². The van der Waals surface area contributed by atoms with Crippen LogP contribution in [0, 0.1) is 6.92 Å². The highest BCUT2D eigenvalue weighted by atomic mass is 79.9. The van der Waals surface area contributed by atoms with Crippen molar-refractivity contribution in [2.45, 2.75) is 13.3 Å². The first-order valence-electron chi connectivity index (χ1n) is 4.70. The maximum atomic E-state index is 10.7. The molecule has 0 atom stereocenters. The number of aryl methyl sites for hydroxylation is 1. The second-order valence-corrected chi connectivity index (χ2v) is 7.17. The Bertz CT molecular complexity index is 459. The van der Waals surface area contributed by atoms with Crippen molar-refractivity contribution < 1.29 is 13.2 Å². The predicted molar refractivity (Wildman–Crippen MR) is 68.6 cm³/mol. The minimum atomic E-state index is -3.41. The predicted octanol–water partition coefficient (Wildman–Crippen LogP) is 3.10. The zero-order valence-electron chi connectivity index (χ0n) is 8.74. The fourth-order valence-corrected chi connectivity index (χ4v) is 2.45. The Balaban J connectivity index is 2.43. The van der Waals surface area contributed by atoms with Crippen molar-refractivity contribution >= 4 is 35.7 Å². The first-order valence-corrected chi connectivity index (χ1v) is 7.97. The van der Waals surface area contributed by atoms with Crippen LogP contribution in [0.4, 0.5) is 0 Å². The van der Waals surface area contributed by atoms with E-state index >= 15 is 0 Å². The molecule has 1 aromatic carbocycles. The zero-order chi connectivity index (χ0) is 12.2. The topological polar surface area (TPSA) is 43.4 Å². The van der Waals surface area contributed by atoms with Crippen molar-refractivity contribution in [3.05, 3.63) is 28.2 Å². The van der Waals surface area contributed by atoms with Crippen LogP contribution in [-0.2, 0) is 9.05 Å². The lowest BCUT2D eigenvalue weighted by Gasteiger charge is -2.08. The Labute approximate surface area is 108 Å². The summed E-state index contributed by atoms with van der Waals surface area (Å²) < 4.78 is 27.7. The van der Waals surface area contributed by atoms with Gasteiger partial charge in [-0.15, -0.1) is 0 Å². The Morgan fingerprint density at radius 1 is 1.44 bits per heavy atom. The first kappa shape index (κ1) is 13.8. The van der Waals surface area contributed by atoms with Crippen LogP contribution in [0.3, 0.4) is 0 Å². The monoisotopic (exact) mass is 326 g/mol. The Morgan fingerprint density at radius 3 is 2.69 bits per heavy atom. The lowest BCUT2D eigenvalue weighted by molar-refractivity contribution is 0.316. The first-order chi connectivity index (χ1) is 7.38. The summed E-state index contributed by atoms with van der Waals surface area (Å²) in [5.74, 6) is 0.694. The molecule has 0 unspecified atom stereocenters. The van der Waals surface area contributed by atoms with Crippen molar-refractivity contribution in [2.75, 3.05) is 12.4 Å². The van der Waals surface area contributed by atoms with Gasteiger partial charge in [0.25, 0.3) is 0 Å². The van der Waals surface area contributed by atoms with E-state index in [0.29, 0.717) is 13.0 Å². The molecule has 16 heavy (non-hydrogen) atoms. The van der Waals surface area contributed by atoms with Crippen LogP contribution < -0.4 is 4.74 Å². The van der Waals surface area contributed by atoms with E-state index in [2.05, 4.69) is 15.9 Å². The molecule has 0 spiro atoms. The molecule has 0 aliphatic rings. The molecule has 0 heterocycles. The van der Waals surface area contributed by atoms with E-state index in [0.717, 1.165) is 15.8 Å². The third-order valence-electron chi connectivity index (χ3n) is 1.93. The molecule has 0 fully saturated rings. The van der Waals surface area contributed by atoms with E-state index in [4.69, 9.17) is 15.4 Å². The SMILES string of the molecule is Cc1cc(Br)ccc1OCCCS(=O)(=O)Cl. The number of hydrogen-bond donors (Lipinski definition) is 0. The summed E-state index contributed by atoms with van der Waals surface area (Å²) >= 11 is 3.35. The summed E-state index contributed by atoms with van der Waals surface area (Å²) in [6, 6.07) is 5.66. The van der Waals surface area contributed by atoms with Gasteiger partial charge in [-0.2, -0.15) is 0 Å². The number of rotatable bonds is 5. The highest BCUT2D eigenvalue weighted by molar-refractivity contribution is 9.10. The molecule has 1 aromatic rings. The van der Waals surface area contributed by atoms with Gasteiger partial charge in [0, 0.05) is 15.2 Å². The molecule has 0 saturated heterocycles. The summed E-state index contributed by atoms with van der Waals surface area (Å²) in [5, 5.41) is 0. The molecule has 0 amide bonds. The summed E-state index contributed by atoms with van der Waals surface area (Å²) in [6.45, 7) is 2.27. The van der Waals surface area contributed by atoms with Gasteiger partial charge >= 0.3 is 0 Å². The van der Waals surface area contributed by atoms with E-state index in [1.165, 1.54) is 0 Å². The van der Waals surface area contributed by atoms with Crippen molar-refractivity contribution in [1.29, 1.82) is 0 Å². The van der Waals surface area contributed by atoms with Crippen molar-refractivity contribution in [1.82, 2.24) is 0 Å². The smallest absolute Gasteiger partial charge is 0.232 e. The second-order valence-electron chi connectivity index (χ2n) is 3.35. The van der Waals surface area contributed by atoms with Gasteiger partial charge in [0.05, 0.1) is 12.4 Å². The van der Waals surface area contributed by atoms with Gasteiger partial charge in [0.1, 0.15) is 5.75 Å². The molecular formula is C10H12BrClO3S. The summed E-state index contributed by atoms with van der Waals surface area (Å²) in [5.41, 5.74) is 1.00. The molecule has 0 radical (unpaired) electrons. The highest BCUT2D eigenvalue weighted by Crippen LogP contribution is 2.22. The molecule has 0 aliphatic carbocycles. The number of halogens is 2. The Hall–Kier alpha value is -0.260. The summed E-state index contributed by atoms with van der Waals surface area (Å²) in [6.07, 6.45) is 0.390. The number of hydrogen-bond acceptors (Lipinski definition) is 3. The molecule has 0 aromatic heterocycles. The maximum absolute atomic E-state index is 10.7. The van der Waals surface area contributed by atoms with Gasteiger partial charge in [-0.05, 0) is 37.1 Å². The van der Waals surface area contributed by atoms with E-state index in [1.807, 2.05) is 25.1 Å². The van der Waals surface area contributed by atoms with Gasteiger partial charge in [-0.25, -0.2) is 8.42 Å². The van der Waals surface area contributed by atoms with Crippen LogP contribution in [0.15, 0.2) is 22.7 Å². The Kier molecular flexibility index (Phi) is 5.08. The lowest BCUT2D eigenvalue weighted by Crippen LogP contribution is -2.05. The van der Waals surface area contributed by atoms with Gasteiger partial charge in [-0.3, -0.25) is 0 Å². The molecule has 90 valence electrons. The van der Waals surface area contributed by atoms with E-state index in [1.54, 1.807) is 0 Å². The Morgan fingerprint density at radius 2 is 2.12 bits per heavy atom. The van der Waals surface area contributed by atoms with Crippen molar-refractivity contribution in [3.8, 4) is 5.75 Å². The standard InChI is InChI=1S/C10H12BrClO3S/c1-8-7-9(11)3-4-10(8)15-5-2-6-16(12,13)14/h3-4,7H,2,5-6H2,1H3. The van der Waals surface area contributed by atoms with Crippen molar-refractivity contribution in [3.63, 3.8) is 0 Å². The second kappa shape index (κ2) is 5.89. The fourth-order valence-electron chi connectivity index (χ4n) is 1.19. The summed E-state index contributed by atoms with van der Waals surface area (Å²) in [7, 11) is 1.67. The molecule has 0 bridgehead atoms. The zero-order valence-corrected chi connectivity index (χ0v) is 11.9. The van der Waals surface area contributed by atoms with Crippen LogP contribution in [0.5, 0.6) is 5.75 Å². The molecule has 0 saturated carbocycles. The summed E-state index contributed by atoms with van der Waals surface area (Å²) in [4.78, 5) is 0. The van der Waals surface area contributed by atoms with Crippen LogP contribution in [-0.4, -0.2) is 20.8 Å². The third kappa shape index (κ3) is 5.18. The maximum Gasteiger partial charge on any atom is 0.232 e. The van der Waals surface area contributed by atoms with Gasteiger partial charge in [-0.1, -0.05) is 15.9 Å². The molecule has 1 rings (SSSR count). The number of ether oxygens (including phenoxy) is 1. The van der Waals surface area contributed by atoms with Gasteiger partial charge in [0.2, 0.25) is 9.05 Å². The van der Waals surface area contributed by atoms with Crippen LogP contribution in [0.1, 0.15) is 12.0 Å². The fraction of sp³-hybridized carbons (Fsp3) is 0.400. The van der Waals surface area contributed by atoms with E-state index in [9.17, 15) is 8.42 Å². The van der Waals surface area contributed by atoms with E-state index < -0.39 is 9.05 Å². The van der Waals surface area contributed by atoms with E-state index in [-0.39, 0.29) is 5.75 Å². The van der Waals surface area contributed by atoms with Crippen molar-refractivity contribution in [2.24, 2.45) is 0 Å². The molecule has 0 aliphatic heterocycles. The van der Waals surface area contributed by atoms with Crippen LogP contribution in [0.2, 0.25) is 0 Å². The minimum absolute atomic E-state index is 0.0653. The van der Waals surface area contributed by atoms with Crippen LogP contribution >= 0.6 is 26.6 Å². The molecular weight excluding hydrogens is 316 g/mol. The normalized spacial score (nSPS) is 11.4. The highest BCUT2D eigenvalue weighted by Gasteiger charge is 2.05. The number of benzene rings is 1. The molecule has 6 heteroatoms. The average Bonchev–Trinajstić information content (AvgIpc) is 2.13. The third-order valence-corrected chi connectivity index (χ3v) is 3.66. The van der Waals surface area contributed by atoms with Crippen LogP contribution in [0.25, 0.3) is 0 Å². The average molecular weight is 328 g/mol. The quantitative estimate of drug-likeness (QED) is 0.616.